The molecule has 2 fully saturated rings. The average Bonchev–Trinajstić information content (AvgIpc) is 2.56. The lowest BCUT2D eigenvalue weighted by atomic mass is 9.96. The Morgan fingerprint density at radius 2 is 1.25 bits per heavy atom. The lowest BCUT2D eigenvalue weighted by Gasteiger charge is -2.34. The fourth-order valence-corrected chi connectivity index (χ4v) is 2.24. The Hall–Kier alpha value is -0.710. The summed E-state index contributed by atoms with van der Waals surface area (Å²) in [6.45, 7) is 2.76. The van der Waals surface area contributed by atoms with Gasteiger partial charge < -0.3 is 23.7 Å². The zero-order chi connectivity index (χ0) is 14.9. The summed E-state index contributed by atoms with van der Waals surface area (Å²) in [4.78, 5) is 0. The molecule has 20 heavy (non-hydrogen) atoms. The molecule has 2 aliphatic heterocycles. The molecule has 0 N–H and O–H groups in total. The van der Waals surface area contributed by atoms with Crippen molar-refractivity contribution in [2.45, 2.75) is 37.1 Å². The Morgan fingerprint density at radius 3 is 1.50 bits per heavy atom. The molecule has 0 aromatic heterocycles. The van der Waals surface area contributed by atoms with Crippen molar-refractivity contribution in [1.29, 1.82) is 5.26 Å². The van der Waals surface area contributed by atoms with E-state index in [0.717, 1.165) is 26.1 Å². The van der Waals surface area contributed by atoms with Crippen LogP contribution in [0, 0.1) is 11.3 Å². The molecule has 6 heteroatoms. The fraction of sp³-hybridized carbons (Fsp3) is 0.929. The molecular formula is C14H25NO5. The molecule has 2 aliphatic rings. The quantitative estimate of drug-likeness (QED) is 0.732. The van der Waals surface area contributed by atoms with Crippen LogP contribution in [0.5, 0.6) is 0 Å². The highest BCUT2D eigenvalue weighted by atomic mass is 16.7. The predicted octanol–water partition coefficient (Wildman–Crippen LogP) is 1.49. The summed E-state index contributed by atoms with van der Waals surface area (Å²) < 4.78 is 25.8. The molecule has 2 heterocycles. The van der Waals surface area contributed by atoms with Gasteiger partial charge in [0.05, 0.1) is 32.5 Å². The summed E-state index contributed by atoms with van der Waals surface area (Å²) in [5.74, 6) is -0.363. The third-order valence-corrected chi connectivity index (χ3v) is 3.89. The van der Waals surface area contributed by atoms with Gasteiger partial charge in [-0.15, -0.1) is 0 Å². The molecule has 0 spiro atoms. The Balaban J connectivity index is 0.000000200. The van der Waals surface area contributed by atoms with Gasteiger partial charge in [-0.2, -0.15) is 5.26 Å². The molecule has 0 aliphatic carbocycles. The molecule has 0 atom stereocenters. The highest BCUT2D eigenvalue weighted by Crippen LogP contribution is 2.24. The van der Waals surface area contributed by atoms with E-state index in [1.807, 2.05) is 0 Å². The number of nitriles is 1. The van der Waals surface area contributed by atoms with Crippen molar-refractivity contribution in [2.24, 2.45) is 0 Å². The number of methoxy groups -OCH3 is 3. The first-order valence-electron chi connectivity index (χ1n) is 6.88. The monoisotopic (exact) mass is 287 g/mol. The third kappa shape index (κ3) is 4.69. The number of ether oxygens (including phenoxy) is 5. The van der Waals surface area contributed by atoms with Crippen LogP contribution in [-0.2, 0) is 23.7 Å². The summed E-state index contributed by atoms with van der Waals surface area (Å²) in [5.41, 5.74) is -0.557. The zero-order valence-electron chi connectivity index (χ0n) is 12.6. The van der Waals surface area contributed by atoms with Crippen molar-refractivity contribution < 1.29 is 23.7 Å². The van der Waals surface area contributed by atoms with Gasteiger partial charge in [0.15, 0.2) is 11.4 Å². The van der Waals surface area contributed by atoms with Crippen LogP contribution in [-0.4, -0.2) is 59.1 Å². The van der Waals surface area contributed by atoms with Crippen LogP contribution in [0.15, 0.2) is 0 Å². The molecule has 0 saturated carbocycles. The molecule has 0 radical (unpaired) electrons. The second-order valence-corrected chi connectivity index (χ2v) is 4.85. The molecule has 0 amide bonds. The highest BCUT2D eigenvalue weighted by Gasteiger charge is 2.32. The SMILES string of the molecule is COC1(C#N)CCOCC1.COC1(OC)CCOCC1. The molecule has 0 aromatic rings. The lowest BCUT2D eigenvalue weighted by Crippen LogP contribution is -2.39. The van der Waals surface area contributed by atoms with E-state index in [9.17, 15) is 0 Å². The first-order chi connectivity index (χ1) is 9.66. The van der Waals surface area contributed by atoms with Gasteiger partial charge in [0.2, 0.25) is 0 Å². The molecule has 0 bridgehead atoms. The molecule has 0 aromatic carbocycles. The van der Waals surface area contributed by atoms with E-state index < -0.39 is 5.60 Å². The van der Waals surface area contributed by atoms with Gasteiger partial charge in [-0.3, -0.25) is 0 Å². The third-order valence-electron chi connectivity index (χ3n) is 3.89. The zero-order valence-corrected chi connectivity index (χ0v) is 12.6. The standard InChI is InChI=1S/C7H11NO2.C7H14O3/c1-9-7(6-8)2-4-10-5-3-7;1-8-7(9-2)3-5-10-6-4-7/h2-5H2,1H3;3-6H2,1-2H3. The minimum atomic E-state index is -0.557. The molecule has 2 saturated heterocycles. The van der Waals surface area contributed by atoms with Crippen LogP contribution in [0.2, 0.25) is 0 Å². The second-order valence-electron chi connectivity index (χ2n) is 4.85. The van der Waals surface area contributed by atoms with Crippen molar-refractivity contribution in [3.63, 3.8) is 0 Å². The largest absolute Gasteiger partial charge is 0.381 e. The summed E-state index contributed by atoms with van der Waals surface area (Å²) in [6, 6.07) is 2.16. The van der Waals surface area contributed by atoms with E-state index in [4.69, 9.17) is 28.9 Å². The maximum absolute atomic E-state index is 8.71. The molecule has 116 valence electrons. The van der Waals surface area contributed by atoms with Crippen molar-refractivity contribution in [2.75, 3.05) is 47.8 Å². The normalized spacial score (nSPS) is 24.1. The number of hydrogen-bond donors (Lipinski definition) is 0. The Kier molecular flexibility index (Phi) is 7.41. The van der Waals surface area contributed by atoms with Crippen molar-refractivity contribution in [3.05, 3.63) is 0 Å². The van der Waals surface area contributed by atoms with Gasteiger partial charge in [0, 0.05) is 47.0 Å². The van der Waals surface area contributed by atoms with Gasteiger partial charge in [-0.05, 0) is 0 Å². The number of nitrogens with zero attached hydrogens (tertiary/aromatic N) is 1. The Labute approximate surface area is 120 Å². The van der Waals surface area contributed by atoms with E-state index in [2.05, 4.69) is 6.07 Å². The van der Waals surface area contributed by atoms with E-state index in [1.54, 1.807) is 21.3 Å². The van der Waals surface area contributed by atoms with E-state index in [-0.39, 0.29) is 5.79 Å². The van der Waals surface area contributed by atoms with Gasteiger partial charge in [0.25, 0.3) is 0 Å². The average molecular weight is 287 g/mol. The Bertz CT molecular complexity index is 297. The van der Waals surface area contributed by atoms with E-state index in [0.29, 0.717) is 26.1 Å². The summed E-state index contributed by atoms with van der Waals surface area (Å²) in [7, 11) is 4.93. The molecule has 6 nitrogen and oxygen atoms in total. The van der Waals surface area contributed by atoms with Crippen LogP contribution in [0.1, 0.15) is 25.7 Å². The minimum absolute atomic E-state index is 0.363. The van der Waals surface area contributed by atoms with Crippen LogP contribution < -0.4 is 0 Å². The summed E-state index contributed by atoms with van der Waals surface area (Å²) in [6.07, 6.45) is 3.06. The lowest BCUT2D eigenvalue weighted by molar-refractivity contribution is -0.242. The first-order valence-corrected chi connectivity index (χ1v) is 6.88. The van der Waals surface area contributed by atoms with Crippen LogP contribution in [0.4, 0.5) is 0 Å². The molecule has 2 rings (SSSR count). The minimum Gasteiger partial charge on any atom is -0.381 e. The van der Waals surface area contributed by atoms with Gasteiger partial charge >= 0.3 is 0 Å². The highest BCUT2D eigenvalue weighted by molar-refractivity contribution is 5.02. The van der Waals surface area contributed by atoms with E-state index >= 15 is 0 Å². The second kappa shape index (κ2) is 8.55. The molecular weight excluding hydrogens is 262 g/mol. The van der Waals surface area contributed by atoms with Crippen molar-refractivity contribution in [1.82, 2.24) is 0 Å². The van der Waals surface area contributed by atoms with Gasteiger partial charge in [-0.1, -0.05) is 0 Å². The Morgan fingerprint density at radius 1 is 0.800 bits per heavy atom. The first kappa shape index (κ1) is 17.3. The maximum atomic E-state index is 8.71. The summed E-state index contributed by atoms with van der Waals surface area (Å²) >= 11 is 0. The smallest absolute Gasteiger partial charge is 0.171 e. The summed E-state index contributed by atoms with van der Waals surface area (Å²) in [5, 5.41) is 8.71. The topological polar surface area (TPSA) is 69.9 Å². The molecule has 0 unspecified atom stereocenters. The predicted molar refractivity (Wildman–Crippen MR) is 72.2 cm³/mol. The van der Waals surface area contributed by atoms with Gasteiger partial charge in [-0.25, -0.2) is 0 Å². The van der Waals surface area contributed by atoms with E-state index in [1.165, 1.54) is 0 Å². The number of hydrogen-bond acceptors (Lipinski definition) is 6. The van der Waals surface area contributed by atoms with Crippen LogP contribution in [0.3, 0.4) is 0 Å². The van der Waals surface area contributed by atoms with Gasteiger partial charge in [0.1, 0.15) is 0 Å². The number of rotatable bonds is 3. The van der Waals surface area contributed by atoms with Crippen LogP contribution in [0.25, 0.3) is 0 Å². The fourth-order valence-electron chi connectivity index (χ4n) is 2.24. The van der Waals surface area contributed by atoms with Crippen LogP contribution >= 0.6 is 0 Å². The van der Waals surface area contributed by atoms with Crippen molar-refractivity contribution >= 4 is 0 Å². The van der Waals surface area contributed by atoms with Crippen molar-refractivity contribution in [3.8, 4) is 6.07 Å². The maximum Gasteiger partial charge on any atom is 0.171 e.